The molecule has 2 rings (SSSR count). The summed E-state index contributed by atoms with van der Waals surface area (Å²) in [5.41, 5.74) is 7.57. The van der Waals surface area contributed by atoms with Crippen LogP contribution in [0.2, 0.25) is 0 Å². The maximum absolute atomic E-state index is 12.7. The Morgan fingerprint density at radius 2 is 1.00 bits per heavy atom. The molecule has 2 aromatic rings. The van der Waals surface area contributed by atoms with Gasteiger partial charge >= 0.3 is 11.9 Å². The molecule has 1 amide bonds. The average molecular weight is 623 g/mol. The fraction of sp³-hybridized carbons (Fsp3) is 0.605. The highest BCUT2D eigenvalue weighted by atomic mass is 16.5. The number of rotatable bonds is 27. The minimum absolute atomic E-state index is 0.0780. The Balaban J connectivity index is 1.38. The molecule has 45 heavy (non-hydrogen) atoms. The van der Waals surface area contributed by atoms with Crippen molar-refractivity contribution in [2.24, 2.45) is 5.73 Å². The summed E-state index contributed by atoms with van der Waals surface area (Å²) in [6.07, 6.45) is 19.5. The molecule has 250 valence electrons. The molecule has 0 aliphatic heterocycles. The standard InChI is InChI=1S/C38H58N2O5/c39-30-22-21-27-35(38(43)45-32-34-25-17-14-18-26-34)40-36(41)28-19-11-9-7-5-3-1-2-4-6-8-10-12-20-29-37(42)44-31-33-23-15-13-16-24-33/h13-18,23-26,35H,1-12,19-22,27-32,39H2,(H,40,41). The molecule has 1 atom stereocenters. The van der Waals surface area contributed by atoms with E-state index in [2.05, 4.69) is 5.32 Å². The summed E-state index contributed by atoms with van der Waals surface area (Å²) in [6, 6.07) is 18.8. The van der Waals surface area contributed by atoms with Gasteiger partial charge in [-0.1, -0.05) is 138 Å². The highest BCUT2D eigenvalue weighted by molar-refractivity contribution is 5.84. The Bertz CT molecular complexity index is 1030. The molecule has 0 fully saturated rings. The highest BCUT2D eigenvalue weighted by Gasteiger charge is 2.21. The first-order valence-corrected chi connectivity index (χ1v) is 17.5. The zero-order valence-electron chi connectivity index (χ0n) is 27.5. The third-order valence-electron chi connectivity index (χ3n) is 8.07. The number of benzene rings is 2. The van der Waals surface area contributed by atoms with E-state index in [1.807, 2.05) is 60.7 Å². The Kier molecular flexibility index (Phi) is 22.0. The van der Waals surface area contributed by atoms with Gasteiger partial charge in [0.1, 0.15) is 19.3 Å². The van der Waals surface area contributed by atoms with Crippen LogP contribution in [0.15, 0.2) is 60.7 Å². The Morgan fingerprint density at radius 3 is 1.49 bits per heavy atom. The summed E-state index contributed by atoms with van der Waals surface area (Å²) in [6.45, 7) is 1.14. The van der Waals surface area contributed by atoms with Crippen molar-refractivity contribution in [3.63, 3.8) is 0 Å². The summed E-state index contributed by atoms with van der Waals surface area (Å²) in [5, 5.41) is 2.90. The number of amides is 1. The molecule has 0 saturated carbocycles. The predicted octanol–water partition coefficient (Wildman–Crippen LogP) is 8.33. The molecule has 0 spiro atoms. The molecule has 0 aliphatic carbocycles. The SMILES string of the molecule is NCCCCC(NC(=O)CCCCCCCCCCCCCCCCC(=O)OCc1ccccc1)C(=O)OCc1ccccc1. The van der Waals surface area contributed by atoms with Gasteiger partial charge in [-0.05, 0) is 49.8 Å². The lowest BCUT2D eigenvalue weighted by Gasteiger charge is -2.18. The second-order valence-electron chi connectivity index (χ2n) is 12.1. The van der Waals surface area contributed by atoms with Gasteiger partial charge in [0.05, 0.1) is 0 Å². The molecule has 1 unspecified atom stereocenters. The van der Waals surface area contributed by atoms with Crippen molar-refractivity contribution in [2.45, 2.75) is 141 Å². The van der Waals surface area contributed by atoms with Crippen LogP contribution in [-0.4, -0.2) is 30.4 Å². The lowest BCUT2D eigenvalue weighted by atomic mass is 10.0. The minimum Gasteiger partial charge on any atom is -0.461 e. The van der Waals surface area contributed by atoms with Gasteiger partial charge in [0.25, 0.3) is 0 Å². The zero-order valence-corrected chi connectivity index (χ0v) is 27.5. The van der Waals surface area contributed by atoms with Crippen LogP contribution in [0.4, 0.5) is 0 Å². The molecule has 0 aliphatic rings. The fourth-order valence-corrected chi connectivity index (χ4v) is 5.32. The van der Waals surface area contributed by atoms with E-state index in [1.165, 1.54) is 57.8 Å². The number of carbonyl (C=O) groups excluding carboxylic acids is 3. The van der Waals surface area contributed by atoms with Crippen LogP contribution >= 0.6 is 0 Å². The van der Waals surface area contributed by atoms with E-state index in [4.69, 9.17) is 15.2 Å². The van der Waals surface area contributed by atoms with Gasteiger partial charge in [-0.25, -0.2) is 4.79 Å². The molecule has 0 radical (unpaired) electrons. The Morgan fingerprint density at radius 1 is 0.556 bits per heavy atom. The predicted molar refractivity (Wildman–Crippen MR) is 181 cm³/mol. The van der Waals surface area contributed by atoms with Crippen LogP contribution in [0.5, 0.6) is 0 Å². The van der Waals surface area contributed by atoms with Crippen LogP contribution < -0.4 is 11.1 Å². The topological polar surface area (TPSA) is 108 Å². The number of hydrogen-bond acceptors (Lipinski definition) is 6. The van der Waals surface area contributed by atoms with Crippen molar-refractivity contribution in [1.82, 2.24) is 5.32 Å². The minimum atomic E-state index is -0.617. The van der Waals surface area contributed by atoms with Crippen molar-refractivity contribution < 1.29 is 23.9 Å². The lowest BCUT2D eigenvalue weighted by Crippen LogP contribution is -2.41. The summed E-state index contributed by atoms with van der Waals surface area (Å²) in [4.78, 5) is 37.1. The van der Waals surface area contributed by atoms with Crippen LogP contribution in [0.25, 0.3) is 0 Å². The number of hydrogen-bond donors (Lipinski definition) is 2. The van der Waals surface area contributed by atoms with Gasteiger partial charge in [-0.15, -0.1) is 0 Å². The first-order chi connectivity index (χ1) is 22.1. The van der Waals surface area contributed by atoms with E-state index in [0.29, 0.717) is 32.4 Å². The van der Waals surface area contributed by atoms with Gasteiger partial charge in [0, 0.05) is 12.8 Å². The number of ether oxygens (including phenoxy) is 2. The second-order valence-corrected chi connectivity index (χ2v) is 12.1. The quantitative estimate of drug-likeness (QED) is 0.0766. The van der Waals surface area contributed by atoms with Crippen molar-refractivity contribution in [3.8, 4) is 0 Å². The van der Waals surface area contributed by atoms with Gasteiger partial charge in [-0.2, -0.15) is 0 Å². The maximum atomic E-state index is 12.7. The summed E-state index contributed by atoms with van der Waals surface area (Å²) in [5.74, 6) is -0.551. The van der Waals surface area contributed by atoms with E-state index in [-0.39, 0.29) is 24.5 Å². The highest BCUT2D eigenvalue weighted by Crippen LogP contribution is 2.15. The van der Waals surface area contributed by atoms with E-state index in [1.54, 1.807) is 0 Å². The van der Waals surface area contributed by atoms with Gasteiger partial charge < -0.3 is 20.5 Å². The largest absolute Gasteiger partial charge is 0.461 e. The van der Waals surface area contributed by atoms with E-state index < -0.39 is 6.04 Å². The molecule has 2 aromatic carbocycles. The number of unbranched alkanes of at least 4 members (excludes halogenated alkanes) is 14. The number of carbonyl (C=O) groups is 3. The second kappa shape index (κ2) is 26.1. The van der Waals surface area contributed by atoms with Crippen LogP contribution in [0.1, 0.15) is 133 Å². The van der Waals surface area contributed by atoms with Crippen molar-refractivity contribution in [3.05, 3.63) is 71.8 Å². The smallest absolute Gasteiger partial charge is 0.328 e. The Hall–Kier alpha value is -3.19. The summed E-state index contributed by atoms with van der Waals surface area (Å²) < 4.78 is 10.8. The molecular weight excluding hydrogens is 564 g/mol. The van der Waals surface area contributed by atoms with Gasteiger partial charge in [0.2, 0.25) is 5.91 Å². The van der Waals surface area contributed by atoms with Crippen LogP contribution in [0, 0.1) is 0 Å². The summed E-state index contributed by atoms with van der Waals surface area (Å²) >= 11 is 0. The maximum Gasteiger partial charge on any atom is 0.328 e. The molecule has 0 bridgehead atoms. The Labute approximate surface area is 272 Å². The molecule has 0 aromatic heterocycles. The normalized spacial score (nSPS) is 11.6. The van der Waals surface area contributed by atoms with Crippen LogP contribution in [0.3, 0.4) is 0 Å². The van der Waals surface area contributed by atoms with Gasteiger partial charge in [-0.3, -0.25) is 9.59 Å². The number of nitrogens with two attached hydrogens (primary N) is 1. The third kappa shape index (κ3) is 20.5. The lowest BCUT2D eigenvalue weighted by molar-refractivity contribution is -0.149. The third-order valence-corrected chi connectivity index (χ3v) is 8.07. The molecular formula is C38H58N2O5. The van der Waals surface area contributed by atoms with Crippen molar-refractivity contribution in [2.75, 3.05) is 6.54 Å². The first kappa shape index (κ1) is 38.0. The molecule has 3 N–H and O–H groups in total. The summed E-state index contributed by atoms with van der Waals surface area (Å²) in [7, 11) is 0. The molecule has 7 nitrogen and oxygen atoms in total. The van der Waals surface area contributed by atoms with E-state index in [0.717, 1.165) is 56.1 Å². The fourth-order valence-electron chi connectivity index (χ4n) is 5.32. The zero-order chi connectivity index (χ0) is 32.2. The first-order valence-electron chi connectivity index (χ1n) is 17.5. The van der Waals surface area contributed by atoms with Crippen molar-refractivity contribution in [1.29, 1.82) is 0 Å². The van der Waals surface area contributed by atoms with Crippen LogP contribution in [-0.2, 0) is 37.1 Å². The average Bonchev–Trinajstić information content (AvgIpc) is 3.06. The number of nitrogens with one attached hydrogen (secondary N) is 1. The van der Waals surface area contributed by atoms with E-state index >= 15 is 0 Å². The van der Waals surface area contributed by atoms with E-state index in [9.17, 15) is 14.4 Å². The van der Waals surface area contributed by atoms with Gasteiger partial charge in [0.15, 0.2) is 0 Å². The molecule has 0 heterocycles. The monoisotopic (exact) mass is 622 g/mol. The van der Waals surface area contributed by atoms with Crippen molar-refractivity contribution >= 4 is 17.8 Å². The molecule has 7 heteroatoms. The number of esters is 2. The molecule has 0 saturated heterocycles.